The molecule has 0 amide bonds. The zero-order valence-electron chi connectivity index (χ0n) is 10.2. The number of hydrogen-bond donors (Lipinski definition) is 3. The lowest BCUT2D eigenvalue weighted by atomic mass is 9.93. The van der Waals surface area contributed by atoms with Crippen LogP contribution in [0.5, 0.6) is 0 Å². The number of nitrogens with one attached hydrogen (secondary N) is 2. The molecular formula is C13H11F2N3O2. The lowest BCUT2D eigenvalue weighted by molar-refractivity contribution is -0.139. The van der Waals surface area contributed by atoms with Crippen LogP contribution in [0.15, 0.2) is 24.5 Å². The Kier molecular flexibility index (Phi) is 2.98. The molecule has 20 heavy (non-hydrogen) atoms. The van der Waals surface area contributed by atoms with Crippen molar-refractivity contribution >= 4 is 5.97 Å². The molecule has 1 aliphatic heterocycles. The Morgan fingerprint density at radius 1 is 1.40 bits per heavy atom. The van der Waals surface area contributed by atoms with E-state index in [0.29, 0.717) is 11.4 Å². The SMILES string of the molecule is O=C(O)[C@@H]1Cc2[nH]cnc2[C@H](c2ccc(F)cc2F)N1. The van der Waals surface area contributed by atoms with E-state index in [1.165, 1.54) is 12.4 Å². The van der Waals surface area contributed by atoms with Gasteiger partial charge in [0.2, 0.25) is 0 Å². The first-order valence-electron chi connectivity index (χ1n) is 6.02. The average Bonchev–Trinajstić information content (AvgIpc) is 2.86. The van der Waals surface area contributed by atoms with E-state index >= 15 is 0 Å². The van der Waals surface area contributed by atoms with Crippen LogP contribution < -0.4 is 5.32 Å². The Bertz CT molecular complexity index is 671. The van der Waals surface area contributed by atoms with E-state index in [1.54, 1.807) is 0 Å². The Morgan fingerprint density at radius 2 is 2.20 bits per heavy atom. The molecule has 7 heteroatoms. The number of aliphatic carboxylic acids is 1. The number of aromatic amines is 1. The summed E-state index contributed by atoms with van der Waals surface area (Å²) in [6, 6.07) is 1.64. The maximum Gasteiger partial charge on any atom is 0.321 e. The zero-order chi connectivity index (χ0) is 14.3. The second kappa shape index (κ2) is 4.68. The largest absolute Gasteiger partial charge is 0.480 e. The second-order valence-corrected chi connectivity index (χ2v) is 4.63. The Labute approximate surface area is 112 Å². The standard InChI is InChI=1S/C13H11F2N3O2/c14-6-1-2-7(8(15)3-6)11-12-9(16-5-17-12)4-10(18-11)13(19)20/h1-3,5,10-11,18H,4H2,(H,16,17)(H,19,20)/t10-,11-/m0/s1. The molecule has 2 atom stereocenters. The van der Waals surface area contributed by atoms with Gasteiger partial charge in [0, 0.05) is 23.7 Å². The number of halogens is 2. The molecule has 3 rings (SSSR count). The normalized spacial score (nSPS) is 21.5. The first-order chi connectivity index (χ1) is 9.56. The molecule has 0 fully saturated rings. The van der Waals surface area contributed by atoms with Crippen LogP contribution >= 0.6 is 0 Å². The third kappa shape index (κ3) is 2.05. The van der Waals surface area contributed by atoms with Gasteiger partial charge in [-0.25, -0.2) is 13.8 Å². The minimum absolute atomic E-state index is 0.172. The summed E-state index contributed by atoms with van der Waals surface area (Å²) in [7, 11) is 0. The number of carboxylic acids is 1. The molecular weight excluding hydrogens is 268 g/mol. The van der Waals surface area contributed by atoms with Gasteiger partial charge in [-0.15, -0.1) is 0 Å². The van der Waals surface area contributed by atoms with Gasteiger partial charge in [-0.05, 0) is 6.07 Å². The van der Waals surface area contributed by atoms with Crippen LogP contribution in [-0.2, 0) is 11.2 Å². The predicted molar refractivity (Wildman–Crippen MR) is 65.1 cm³/mol. The highest BCUT2D eigenvalue weighted by Crippen LogP contribution is 2.30. The highest BCUT2D eigenvalue weighted by Gasteiger charge is 2.34. The lowest BCUT2D eigenvalue weighted by Gasteiger charge is -2.28. The Balaban J connectivity index is 2.06. The predicted octanol–water partition coefficient (Wildman–Crippen LogP) is 1.38. The van der Waals surface area contributed by atoms with Crippen molar-refractivity contribution < 1.29 is 18.7 Å². The summed E-state index contributed by atoms with van der Waals surface area (Å²) in [4.78, 5) is 18.1. The average molecular weight is 279 g/mol. The van der Waals surface area contributed by atoms with Gasteiger partial charge < -0.3 is 10.1 Å². The summed E-state index contributed by atoms with van der Waals surface area (Å²) in [5.74, 6) is -2.45. The van der Waals surface area contributed by atoms with Crippen molar-refractivity contribution in [3.05, 3.63) is 53.1 Å². The van der Waals surface area contributed by atoms with Gasteiger partial charge in [-0.1, -0.05) is 6.07 Å². The van der Waals surface area contributed by atoms with Crippen LogP contribution in [0.25, 0.3) is 0 Å². The van der Waals surface area contributed by atoms with Crippen LogP contribution in [0, 0.1) is 11.6 Å². The third-order valence-electron chi connectivity index (χ3n) is 3.37. The Morgan fingerprint density at radius 3 is 2.90 bits per heavy atom. The number of imidazole rings is 1. The van der Waals surface area contributed by atoms with Crippen molar-refractivity contribution in [1.82, 2.24) is 15.3 Å². The molecule has 2 aromatic rings. The molecule has 0 unspecified atom stereocenters. The van der Waals surface area contributed by atoms with Gasteiger partial charge in [0.1, 0.15) is 17.7 Å². The third-order valence-corrected chi connectivity index (χ3v) is 3.37. The minimum atomic E-state index is -1.03. The van der Waals surface area contributed by atoms with Gasteiger partial charge in [0.05, 0.1) is 18.1 Å². The summed E-state index contributed by atoms with van der Waals surface area (Å²) in [5, 5.41) is 12.0. The van der Waals surface area contributed by atoms with E-state index in [9.17, 15) is 13.6 Å². The van der Waals surface area contributed by atoms with Crippen LogP contribution in [0.2, 0.25) is 0 Å². The smallest absolute Gasteiger partial charge is 0.321 e. The summed E-state index contributed by atoms with van der Waals surface area (Å²) < 4.78 is 26.9. The molecule has 1 aromatic carbocycles. The van der Waals surface area contributed by atoms with Crippen molar-refractivity contribution in [3.8, 4) is 0 Å². The molecule has 5 nitrogen and oxygen atoms in total. The molecule has 0 saturated carbocycles. The van der Waals surface area contributed by atoms with Crippen LogP contribution in [0.1, 0.15) is 23.0 Å². The fraction of sp³-hybridized carbons (Fsp3) is 0.231. The summed E-state index contributed by atoms with van der Waals surface area (Å²) in [6.07, 6.45) is 1.68. The molecule has 2 heterocycles. The van der Waals surface area contributed by atoms with E-state index < -0.39 is 29.7 Å². The monoisotopic (exact) mass is 279 g/mol. The number of benzene rings is 1. The summed E-state index contributed by atoms with van der Waals surface area (Å²) in [5.41, 5.74) is 1.35. The summed E-state index contributed by atoms with van der Waals surface area (Å²) in [6.45, 7) is 0. The van der Waals surface area contributed by atoms with Gasteiger partial charge in [-0.3, -0.25) is 10.1 Å². The second-order valence-electron chi connectivity index (χ2n) is 4.63. The van der Waals surface area contributed by atoms with Crippen molar-refractivity contribution in [2.45, 2.75) is 18.5 Å². The number of aromatic nitrogens is 2. The molecule has 0 saturated heterocycles. The highest BCUT2D eigenvalue weighted by atomic mass is 19.1. The van der Waals surface area contributed by atoms with Gasteiger partial charge in [0.15, 0.2) is 0 Å². The number of H-pyrrole nitrogens is 1. The first kappa shape index (κ1) is 12.7. The molecule has 104 valence electrons. The molecule has 0 bridgehead atoms. The zero-order valence-corrected chi connectivity index (χ0v) is 10.2. The maximum atomic E-state index is 13.9. The molecule has 0 spiro atoms. The molecule has 0 radical (unpaired) electrons. The summed E-state index contributed by atoms with van der Waals surface area (Å²) >= 11 is 0. The van der Waals surface area contributed by atoms with Crippen LogP contribution in [0.3, 0.4) is 0 Å². The quantitative estimate of drug-likeness (QED) is 0.776. The maximum absolute atomic E-state index is 13.9. The fourth-order valence-electron chi connectivity index (χ4n) is 2.42. The molecule has 3 N–H and O–H groups in total. The lowest BCUT2D eigenvalue weighted by Crippen LogP contribution is -2.45. The fourth-order valence-corrected chi connectivity index (χ4v) is 2.42. The number of fused-ring (bicyclic) bond motifs is 1. The first-order valence-corrected chi connectivity index (χ1v) is 6.02. The van der Waals surface area contributed by atoms with Crippen molar-refractivity contribution in [2.75, 3.05) is 0 Å². The highest BCUT2D eigenvalue weighted by molar-refractivity contribution is 5.74. The van der Waals surface area contributed by atoms with Gasteiger partial charge >= 0.3 is 5.97 Å². The number of carbonyl (C=O) groups is 1. The van der Waals surface area contributed by atoms with Crippen molar-refractivity contribution in [1.29, 1.82) is 0 Å². The van der Waals surface area contributed by atoms with E-state index in [-0.39, 0.29) is 12.0 Å². The van der Waals surface area contributed by atoms with Crippen LogP contribution in [0.4, 0.5) is 8.78 Å². The number of nitrogens with zero attached hydrogens (tertiary/aromatic N) is 1. The number of hydrogen-bond acceptors (Lipinski definition) is 3. The molecule has 1 aromatic heterocycles. The number of carboxylic acid groups (broad SMARTS) is 1. The minimum Gasteiger partial charge on any atom is -0.480 e. The van der Waals surface area contributed by atoms with E-state index in [0.717, 1.165) is 12.1 Å². The van der Waals surface area contributed by atoms with Gasteiger partial charge in [0.25, 0.3) is 0 Å². The molecule has 0 aliphatic carbocycles. The Hall–Kier alpha value is -2.28. The topological polar surface area (TPSA) is 78.0 Å². The van der Waals surface area contributed by atoms with Crippen molar-refractivity contribution in [2.24, 2.45) is 0 Å². The number of rotatable bonds is 2. The van der Waals surface area contributed by atoms with E-state index in [1.807, 2.05) is 0 Å². The van der Waals surface area contributed by atoms with Crippen LogP contribution in [-0.4, -0.2) is 27.1 Å². The van der Waals surface area contributed by atoms with Crippen molar-refractivity contribution in [3.63, 3.8) is 0 Å². The molecule has 1 aliphatic rings. The van der Waals surface area contributed by atoms with E-state index in [4.69, 9.17) is 5.11 Å². The van der Waals surface area contributed by atoms with Gasteiger partial charge in [-0.2, -0.15) is 0 Å². The van der Waals surface area contributed by atoms with E-state index in [2.05, 4.69) is 15.3 Å².